The molecule has 13 heteroatoms. The molecule has 0 unspecified atom stereocenters. The molecule has 1 heterocycles. The Bertz CT molecular complexity index is 1430. The first-order chi connectivity index (χ1) is 16.9. The average molecular weight is 547 g/mol. The quantitative estimate of drug-likeness (QED) is 0.268. The Labute approximate surface area is 204 Å². The van der Waals surface area contributed by atoms with Crippen molar-refractivity contribution in [2.24, 2.45) is 0 Å². The number of halogens is 5. The molecule has 1 atom stereocenters. The number of rotatable bonds is 7. The van der Waals surface area contributed by atoms with Gasteiger partial charge in [0.25, 0.3) is 10.0 Å². The van der Waals surface area contributed by atoms with E-state index in [4.69, 9.17) is 0 Å². The van der Waals surface area contributed by atoms with Gasteiger partial charge in [0.1, 0.15) is 0 Å². The lowest BCUT2D eigenvalue weighted by molar-refractivity contribution is 0.357. The Kier molecular flexibility index (Phi) is 6.94. The SMILES string of the molecule is O=S(=O)(NS(=O)(=O)C(c1ccccc1)(c1ccccc1)[C@@H]1CCCN1)c1c(F)c(F)c(F)c(F)c1F. The average Bonchev–Trinajstić information content (AvgIpc) is 3.37. The molecule has 36 heavy (non-hydrogen) atoms. The standard InChI is InChI=1S/C23H19F5N2O4S2/c24-17-18(25)20(27)22(21(28)19(17)26)35(31,32)30-36(33,34)23(16-12-7-13-29-16,14-8-3-1-4-9-14)15-10-5-2-6-11-15/h1-6,8-11,16,29-30H,7,12-13H2/t16-/m0/s1. The lowest BCUT2D eigenvalue weighted by Gasteiger charge is -2.39. The predicted octanol–water partition coefficient (Wildman–Crippen LogP) is 3.69. The van der Waals surface area contributed by atoms with E-state index in [2.05, 4.69) is 5.32 Å². The van der Waals surface area contributed by atoms with Crippen molar-refractivity contribution in [1.82, 2.24) is 9.44 Å². The molecule has 1 fully saturated rings. The van der Waals surface area contributed by atoms with Crippen LogP contribution in [0, 0.1) is 29.1 Å². The Morgan fingerprint density at radius 2 is 1.17 bits per heavy atom. The molecule has 1 saturated heterocycles. The van der Waals surface area contributed by atoms with E-state index in [9.17, 15) is 38.8 Å². The molecule has 0 spiro atoms. The topological polar surface area (TPSA) is 92.3 Å². The lowest BCUT2D eigenvalue weighted by atomic mass is 9.83. The predicted molar refractivity (Wildman–Crippen MR) is 120 cm³/mol. The Balaban J connectivity index is 1.99. The van der Waals surface area contributed by atoms with E-state index < -0.39 is 64.8 Å². The van der Waals surface area contributed by atoms with Crippen LogP contribution in [0.3, 0.4) is 0 Å². The number of sulfonamides is 2. The van der Waals surface area contributed by atoms with Gasteiger partial charge in [-0.25, -0.2) is 38.8 Å². The van der Waals surface area contributed by atoms with E-state index in [1.807, 2.05) is 0 Å². The highest BCUT2D eigenvalue weighted by Crippen LogP contribution is 2.44. The second kappa shape index (κ2) is 9.54. The summed E-state index contributed by atoms with van der Waals surface area (Å²) in [6.45, 7) is 0.395. The van der Waals surface area contributed by atoms with Gasteiger partial charge in [-0.1, -0.05) is 60.7 Å². The molecule has 0 saturated carbocycles. The normalized spacial score (nSPS) is 16.9. The molecular formula is C23H19F5N2O4S2. The van der Waals surface area contributed by atoms with Crippen LogP contribution in [0.15, 0.2) is 65.6 Å². The molecule has 1 aliphatic rings. The van der Waals surface area contributed by atoms with Crippen molar-refractivity contribution in [2.45, 2.75) is 28.5 Å². The zero-order chi connectivity index (χ0) is 26.3. The number of benzene rings is 3. The van der Waals surface area contributed by atoms with Gasteiger partial charge in [-0.3, -0.25) is 0 Å². The summed E-state index contributed by atoms with van der Waals surface area (Å²) < 4.78 is 123. The van der Waals surface area contributed by atoms with Crippen molar-refractivity contribution in [1.29, 1.82) is 0 Å². The molecule has 6 nitrogen and oxygen atoms in total. The molecule has 1 aliphatic heterocycles. The van der Waals surface area contributed by atoms with E-state index >= 15 is 0 Å². The summed E-state index contributed by atoms with van der Waals surface area (Å²) in [6, 6.07) is 14.2. The molecular weight excluding hydrogens is 527 g/mol. The zero-order valence-corrected chi connectivity index (χ0v) is 19.9. The van der Waals surface area contributed by atoms with Crippen LogP contribution in [0.1, 0.15) is 24.0 Å². The third-order valence-corrected chi connectivity index (χ3v) is 10.3. The van der Waals surface area contributed by atoms with Gasteiger partial charge in [0.15, 0.2) is 32.9 Å². The van der Waals surface area contributed by atoms with Crippen LogP contribution in [0.5, 0.6) is 0 Å². The van der Waals surface area contributed by atoms with E-state index in [-0.39, 0.29) is 17.5 Å². The zero-order valence-electron chi connectivity index (χ0n) is 18.3. The van der Waals surface area contributed by atoms with Gasteiger partial charge >= 0.3 is 0 Å². The minimum Gasteiger partial charge on any atom is -0.312 e. The van der Waals surface area contributed by atoms with Gasteiger partial charge in [0.2, 0.25) is 15.8 Å². The van der Waals surface area contributed by atoms with Gasteiger partial charge in [-0.05, 0) is 30.5 Å². The highest BCUT2D eigenvalue weighted by molar-refractivity contribution is 8.05. The highest BCUT2D eigenvalue weighted by atomic mass is 32.3. The summed E-state index contributed by atoms with van der Waals surface area (Å²) in [7, 11) is -11.1. The Hall–Kier alpha value is -2.87. The van der Waals surface area contributed by atoms with Crippen molar-refractivity contribution in [3.8, 4) is 0 Å². The fourth-order valence-electron chi connectivity index (χ4n) is 4.54. The highest BCUT2D eigenvalue weighted by Gasteiger charge is 2.55. The summed E-state index contributed by atoms with van der Waals surface area (Å²) in [5.41, 5.74) is 0.242. The molecule has 192 valence electrons. The first-order valence-corrected chi connectivity index (χ1v) is 13.6. The molecule has 4 rings (SSSR count). The van der Waals surface area contributed by atoms with Gasteiger partial charge < -0.3 is 5.32 Å². The monoisotopic (exact) mass is 546 g/mol. The minimum atomic E-state index is -5.83. The first-order valence-electron chi connectivity index (χ1n) is 10.6. The van der Waals surface area contributed by atoms with E-state index in [1.54, 1.807) is 12.1 Å². The summed E-state index contributed by atoms with van der Waals surface area (Å²) in [4.78, 5) is -2.29. The van der Waals surface area contributed by atoms with Gasteiger partial charge in [-0.2, -0.15) is 0 Å². The van der Waals surface area contributed by atoms with Crippen molar-refractivity contribution < 1.29 is 38.8 Å². The molecule has 0 aliphatic carbocycles. The lowest BCUT2D eigenvalue weighted by Crippen LogP contribution is -2.56. The van der Waals surface area contributed by atoms with Crippen molar-refractivity contribution >= 4 is 20.0 Å². The molecule has 2 N–H and O–H groups in total. The van der Waals surface area contributed by atoms with E-state index in [1.165, 1.54) is 52.7 Å². The summed E-state index contributed by atoms with van der Waals surface area (Å²) in [6.07, 6.45) is 0.805. The van der Waals surface area contributed by atoms with E-state index in [0.29, 0.717) is 13.0 Å². The largest absolute Gasteiger partial charge is 0.312 e. The van der Waals surface area contributed by atoms with Gasteiger partial charge in [0.05, 0.1) is 0 Å². The maximum atomic E-state index is 14.4. The molecule has 3 aromatic carbocycles. The maximum absolute atomic E-state index is 14.4. The second-order valence-electron chi connectivity index (χ2n) is 8.11. The van der Waals surface area contributed by atoms with Crippen molar-refractivity contribution in [2.75, 3.05) is 6.54 Å². The van der Waals surface area contributed by atoms with Crippen LogP contribution >= 0.6 is 0 Å². The number of nitrogens with one attached hydrogen (secondary N) is 2. The molecule has 3 aromatic rings. The number of hydrogen-bond donors (Lipinski definition) is 2. The van der Waals surface area contributed by atoms with Crippen LogP contribution < -0.4 is 9.44 Å². The molecule has 0 bridgehead atoms. The molecule has 0 amide bonds. The molecule has 0 radical (unpaired) electrons. The van der Waals surface area contributed by atoms with Gasteiger partial charge in [-0.15, -0.1) is 4.13 Å². The number of hydrogen-bond acceptors (Lipinski definition) is 5. The minimum absolute atomic E-state index is 0.121. The van der Waals surface area contributed by atoms with E-state index in [0.717, 1.165) is 0 Å². The summed E-state index contributed by atoms with van der Waals surface area (Å²) >= 11 is 0. The third kappa shape index (κ3) is 4.09. The van der Waals surface area contributed by atoms with Crippen LogP contribution in [-0.2, 0) is 24.8 Å². The maximum Gasteiger partial charge on any atom is 0.259 e. The summed E-state index contributed by atoms with van der Waals surface area (Å²) in [5.74, 6) is -13.0. The third-order valence-electron chi connectivity index (χ3n) is 6.04. The fraction of sp³-hybridized carbons (Fsp3) is 0.217. The Morgan fingerprint density at radius 3 is 1.58 bits per heavy atom. The second-order valence-corrected chi connectivity index (χ2v) is 11.8. The fourth-order valence-corrected chi connectivity index (χ4v) is 8.68. The Morgan fingerprint density at radius 1 is 0.722 bits per heavy atom. The van der Waals surface area contributed by atoms with Crippen molar-refractivity contribution in [3.63, 3.8) is 0 Å². The van der Waals surface area contributed by atoms with Crippen LogP contribution in [0.2, 0.25) is 0 Å². The van der Waals surface area contributed by atoms with Crippen LogP contribution in [0.25, 0.3) is 0 Å². The van der Waals surface area contributed by atoms with Crippen molar-refractivity contribution in [3.05, 3.63) is 101 Å². The van der Waals surface area contributed by atoms with Crippen LogP contribution in [0.4, 0.5) is 22.0 Å². The van der Waals surface area contributed by atoms with Crippen LogP contribution in [-0.4, -0.2) is 29.4 Å². The van der Waals surface area contributed by atoms with Gasteiger partial charge in [0, 0.05) is 6.04 Å². The first kappa shape index (κ1) is 26.2. The summed E-state index contributed by atoms with van der Waals surface area (Å²) in [5, 5.41) is 3.04. The smallest absolute Gasteiger partial charge is 0.259 e. The molecule has 0 aromatic heterocycles.